The molecule has 0 unspecified atom stereocenters. The summed E-state index contributed by atoms with van der Waals surface area (Å²) in [6, 6.07) is 54.6. The van der Waals surface area contributed by atoms with Gasteiger partial charge in [0.2, 0.25) is 0 Å². The van der Waals surface area contributed by atoms with E-state index < -0.39 is 0 Å². The monoisotopic (exact) mass is 718 g/mol. The number of para-hydroxylation sites is 2. The molecule has 0 saturated heterocycles. The smallest absolute Gasteiger partial charge is 0.0998 e. The first-order chi connectivity index (χ1) is 27.4. The van der Waals surface area contributed by atoms with Crippen molar-refractivity contribution < 1.29 is 0 Å². The van der Waals surface area contributed by atoms with Gasteiger partial charge in [-0.3, -0.25) is 4.98 Å². The van der Waals surface area contributed by atoms with Crippen molar-refractivity contribution in [3.63, 3.8) is 0 Å². The van der Waals surface area contributed by atoms with E-state index in [-0.39, 0.29) is 0 Å². The van der Waals surface area contributed by atoms with Gasteiger partial charge in [0.25, 0.3) is 0 Å². The van der Waals surface area contributed by atoms with Crippen molar-refractivity contribution in [3.05, 3.63) is 186 Å². The van der Waals surface area contributed by atoms with Gasteiger partial charge in [-0.1, -0.05) is 114 Å². The third-order valence-corrected chi connectivity index (χ3v) is 11.4. The molecule has 10 rings (SSSR count). The van der Waals surface area contributed by atoms with Crippen LogP contribution in [0.4, 0.5) is 0 Å². The molecule has 4 heteroatoms. The van der Waals surface area contributed by atoms with E-state index in [1.165, 1.54) is 55.3 Å². The van der Waals surface area contributed by atoms with Crippen LogP contribution in [-0.2, 0) is 0 Å². The molecule has 0 bridgehead atoms. The van der Waals surface area contributed by atoms with Crippen LogP contribution in [0.15, 0.2) is 158 Å². The highest BCUT2D eigenvalue weighted by Gasteiger charge is 2.24. The van der Waals surface area contributed by atoms with Crippen LogP contribution in [0.25, 0.3) is 88.4 Å². The van der Waals surface area contributed by atoms with Gasteiger partial charge in [-0.15, -0.1) is 0 Å². The van der Waals surface area contributed by atoms with Crippen LogP contribution >= 0.6 is 0 Å². The first kappa shape index (κ1) is 33.4. The average molecular weight is 719 g/mol. The Morgan fingerprint density at radius 3 is 1.41 bits per heavy atom. The summed E-state index contributed by atoms with van der Waals surface area (Å²) >= 11 is 0. The lowest BCUT2D eigenvalue weighted by atomic mass is 9.97. The summed E-state index contributed by atoms with van der Waals surface area (Å²) < 4.78 is 4.67. The van der Waals surface area contributed by atoms with Gasteiger partial charge in [0, 0.05) is 32.7 Å². The maximum absolute atomic E-state index is 10.6. The Morgan fingerprint density at radius 1 is 0.446 bits per heavy atom. The van der Waals surface area contributed by atoms with Crippen molar-refractivity contribution in [2.45, 2.75) is 27.7 Å². The van der Waals surface area contributed by atoms with E-state index in [9.17, 15) is 5.26 Å². The molecular formula is C52H38N4. The van der Waals surface area contributed by atoms with Crippen molar-refractivity contribution in [1.82, 2.24) is 14.1 Å². The van der Waals surface area contributed by atoms with Gasteiger partial charge < -0.3 is 9.13 Å². The van der Waals surface area contributed by atoms with E-state index >= 15 is 0 Å². The molecule has 0 aliphatic carbocycles. The molecule has 0 aliphatic rings. The lowest BCUT2D eigenvalue weighted by Gasteiger charge is -2.20. The Morgan fingerprint density at radius 2 is 0.911 bits per heavy atom. The highest BCUT2D eigenvalue weighted by atomic mass is 15.0. The first-order valence-corrected chi connectivity index (χ1v) is 19.1. The third-order valence-electron chi connectivity index (χ3n) is 11.4. The number of aryl methyl sites for hydroxylation is 4. The zero-order valence-electron chi connectivity index (χ0n) is 31.8. The third kappa shape index (κ3) is 5.16. The summed E-state index contributed by atoms with van der Waals surface area (Å²) in [6.45, 7) is 8.65. The normalized spacial score (nSPS) is 11.6. The average Bonchev–Trinajstić information content (AvgIpc) is 3.72. The minimum Gasteiger partial charge on any atom is -0.307 e. The topological polar surface area (TPSA) is 46.5 Å². The lowest BCUT2D eigenvalue weighted by molar-refractivity contribution is 1.09. The summed E-state index contributed by atoms with van der Waals surface area (Å²) in [5, 5.41) is 15.2. The van der Waals surface area contributed by atoms with E-state index in [0.29, 0.717) is 5.56 Å². The summed E-state index contributed by atoms with van der Waals surface area (Å²) in [5.74, 6) is 0. The predicted octanol–water partition coefficient (Wildman–Crippen LogP) is 13.4. The van der Waals surface area contributed by atoms with Gasteiger partial charge in [0.05, 0.1) is 57.5 Å². The van der Waals surface area contributed by atoms with Crippen molar-refractivity contribution in [2.75, 3.05) is 0 Å². The molecule has 10 aromatic rings. The highest BCUT2D eigenvalue weighted by Crippen LogP contribution is 2.43. The molecule has 0 N–H and O–H groups in total. The summed E-state index contributed by atoms with van der Waals surface area (Å²) in [4.78, 5) is 5.01. The number of hydrogen-bond donors (Lipinski definition) is 0. The maximum atomic E-state index is 10.6. The first-order valence-electron chi connectivity index (χ1n) is 19.1. The van der Waals surface area contributed by atoms with Gasteiger partial charge in [-0.05, 0) is 104 Å². The molecule has 7 aromatic carbocycles. The fourth-order valence-electron chi connectivity index (χ4n) is 8.93. The van der Waals surface area contributed by atoms with Crippen LogP contribution in [0.1, 0.15) is 27.8 Å². The van der Waals surface area contributed by atoms with E-state index in [2.05, 4.69) is 170 Å². The van der Waals surface area contributed by atoms with Crippen molar-refractivity contribution in [3.8, 4) is 50.8 Å². The summed E-state index contributed by atoms with van der Waals surface area (Å²) in [6.07, 6.45) is 3.92. The highest BCUT2D eigenvalue weighted by molar-refractivity contribution is 6.13. The van der Waals surface area contributed by atoms with E-state index in [0.717, 1.165) is 55.3 Å². The van der Waals surface area contributed by atoms with Gasteiger partial charge >= 0.3 is 0 Å². The second-order valence-electron chi connectivity index (χ2n) is 15.0. The van der Waals surface area contributed by atoms with Gasteiger partial charge in [0.15, 0.2) is 0 Å². The van der Waals surface area contributed by atoms with Gasteiger partial charge in [-0.25, -0.2) is 0 Å². The minimum atomic E-state index is 0.608. The number of hydrogen-bond acceptors (Lipinski definition) is 2. The quantitative estimate of drug-likeness (QED) is 0.178. The molecule has 4 nitrogen and oxygen atoms in total. The van der Waals surface area contributed by atoms with Crippen LogP contribution in [-0.4, -0.2) is 14.1 Å². The Bertz CT molecular complexity index is 3070. The molecule has 0 radical (unpaired) electrons. The zero-order valence-corrected chi connectivity index (χ0v) is 31.8. The van der Waals surface area contributed by atoms with Crippen LogP contribution in [0.3, 0.4) is 0 Å². The molecule has 266 valence electrons. The Balaban J connectivity index is 1.29. The number of benzene rings is 7. The molecule has 3 heterocycles. The fraction of sp³-hybridized carbons (Fsp3) is 0.0769. The number of nitrogens with zero attached hydrogens (tertiary/aromatic N) is 4. The molecule has 0 fully saturated rings. The van der Waals surface area contributed by atoms with Crippen LogP contribution < -0.4 is 0 Å². The fourth-order valence-corrected chi connectivity index (χ4v) is 8.93. The van der Waals surface area contributed by atoms with Crippen LogP contribution in [0.2, 0.25) is 0 Å². The number of pyridine rings is 1. The van der Waals surface area contributed by atoms with E-state index in [4.69, 9.17) is 4.98 Å². The van der Waals surface area contributed by atoms with Crippen molar-refractivity contribution >= 4 is 43.6 Å². The molecule has 3 aromatic heterocycles. The largest absolute Gasteiger partial charge is 0.307 e. The van der Waals surface area contributed by atoms with Gasteiger partial charge in [0.1, 0.15) is 0 Å². The number of aromatic nitrogens is 3. The zero-order chi connectivity index (χ0) is 38.1. The molecule has 0 aliphatic heterocycles. The predicted molar refractivity (Wildman–Crippen MR) is 233 cm³/mol. The Hall–Kier alpha value is -7.22. The van der Waals surface area contributed by atoms with Gasteiger partial charge in [-0.2, -0.15) is 5.26 Å². The van der Waals surface area contributed by atoms with Crippen molar-refractivity contribution in [1.29, 1.82) is 5.26 Å². The van der Waals surface area contributed by atoms with Crippen LogP contribution in [0.5, 0.6) is 0 Å². The Kier molecular flexibility index (Phi) is 7.73. The maximum Gasteiger partial charge on any atom is 0.0998 e. The summed E-state index contributed by atoms with van der Waals surface area (Å²) in [5.41, 5.74) is 18.4. The summed E-state index contributed by atoms with van der Waals surface area (Å²) in [7, 11) is 0. The molecule has 56 heavy (non-hydrogen) atoms. The second kappa shape index (κ2) is 13.0. The van der Waals surface area contributed by atoms with Crippen LogP contribution in [0, 0.1) is 39.0 Å². The molecule has 0 amide bonds. The Labute approximate surface area is 326 Å². The molecular weight excluding hydrogens is 681 g/mol. The molecule has 0 saturated carbocycles. The second-order valence-corrected chi connectivity index (χ2v) is 15.0. The van der Waals surface area contributed by atoms with E-state index in [1.807, 2.05) is 30.6 Å². The van der Waals surface area contributed by atoms with E-state index in [1.54, 1.807) is 0 Å². The number of nitriles is 1. The molecule has 0 spiro atoms. The standard InChI is InChI=1S/C52H38N4/c1-32-17-21-39(34(3)25-32)36-19-23-48-44(27-36)42-13-7-9-15-46(42)55(48)50-30-54-31-51(52(50)41-12-6-5-11-38(41)29-53)56-47-16-10-8-14-43(47)45-28-37(20-24-49(45)56)40-22-18-33(2)26-35(40)4/h5-28,30-31H,1-4H3. The number of rotatable bonds is 5. The lowest BCUT2D eigenvalue weighted by Crippen LogP contribution is -2.05. The van der Waals surface area contributed by atoms with Crippen molar-refractivity contribution in [2.24, 2.45) is 0 Å². The number of fused-ring (bicyclic) bond motifs is 6. The SMILES string of the molecule is Cc1ccc(-c2ccc3c(c2)c2ccccc2n3-c2cncc(-n3c4ccccc4c4cc(-c5ccc(C)cc5C)ccc43)c2-c2ccccc2C#N)c(C)c1. The minimum absolute atomic E-state index is 0.608. The molecule has 0 atom stereocenters.